The van der Waals surface area contributed by atoms with Crippen LogP contribution in [-0.2, 0) is 9.53 Å². The van der Waals surface area contributed by atoms with Gasteiger partial charge >= 0.3 is 0 Å². The highest BCUT2D eigenvalue weighted by molar-refractivity contribution is 8.00. The lowest BCUT2D eigenvalue weighted by Gasteiger charge is -2.04. The number of carbonyl (C=O) groups excluding carboxylic acids is 1. The molecule has 88 valence electrons. The van der Waals surface area contributed by atoms with E-state index in [2.05, 4.69) is 19.1 Å². The zero-order valence-electron chi connectivity index (χ0n) is 9.86. The van der Waals surface area contributed by atoms with Crippen LogP contribution in [0.2, 0.25) is 0 Å². The van der Waals surface area contributed by atoms with Gasteiger partial charge in [-0.25, -0.2) is 0 Å². The Hall–Kier alpha value is -0.800. The van der Waals surface area contributed by atoms with Crippen molar-refractivity contribution in [3.63, 3.8) is 0 Å². The molecule has 0 aliphatic heterocycles. The lowest BCUT2D eigenvalue weighted by Crippen LogP contribution is -2.03. The maximum absolute atomic E-state index is 11.5. The molecule has 0 aliphatic carbocycles. The standard InChI is InChI=1S/C13H18O2S/c1-11-6-3-4-8-13(11)16-10-12(14)7-5-9-15-2/h3-4,6,8H,5,7,9-10H2,1-2H3. The zero-order chi connectivity index (χ0) is 11.8. The van der Waals surface area contributed by atoms with Gasteiger partial charge in [0.1, 0.15) is 5.78 Å². The van der Waals surface area contributed by atoms with E-state index in [0.29, 0.717) is 24.6 Å². The third-order valence-corrected chi connectivity index (χ3v) is 3.52. The Balaban J connectivity index is 2.29. The highest BCUT2D eigenvalue weighted by Gasteiger charge is 2.04. The number of rotatable bonds is 7. The molecular formula is C13H18O2S. The Morgan fingerprint density at radius 1 is 1.38 bits per heavy atom. The molecule has 0 amide bonds. The summed E-state index contributed by atoms with van der Waals surface area (Å²) < 4.78 is 4.92. The van der Waals surface area contributed by atoms with Crippen LogP contribution in [-0.4, -0.2) is 25.3 Å². The molecule has 0 unspecified atom stereocenters. The van der Waals surface area contributed by atoms with Crippen LogP contribution in [0, 0.1) is 6.92 Å². The number of Topliss-reactive ketones (excluding diaryl/α,β-unsaturated/α-hetero) is 1. The number of carbonyl (C=O) groups is 1. The van der Waals surface area contributed by atoms with E-state index in [9.17, 15) is 4.79 Å². The zero-order valence-corrected chi connectivity index (χ0v) is 10.7. The third kappa shape index (κ3) is 4.81. The van der Waals surface area contributed by atoms with E-state index in [1.54, 1.807) is 18.9 Å². The van der Waals surface area contributed by atoms with Crippen LogP contribution >= 0.6 is 11.8 Å². The molecule has 0 aliphatic rings. The monoisotopic (exact) mass is 238 g/mol. The van der Waals surface area contributed by atoms with E-state index >= 15 is 0 Å². The van der Waals surface area contributed by atoms with Gasteiger partial charge in [-0.15, -0.1) is 11.8 Å². The number of hydrogen-bond acceptors (Lipinski definition) is 3. The number of benzene rings is 1. The molecule has 0 heterocycles. The van der Waals surface area contributed by atoms with Gasteiger partial charge in [-0.2, -0.15) is 0 Å². The maximum Gasteiger partial charge on any atom is 0.143 e. The van der Waals surface area contributed by atoms with Crippen LogP contribution in [0.1, 0.15) is 18.4 Å². The summed E-state index contributed by atoms with van der Waals surface area (Å²) in [7, 11) is 1.66. The molecule has 1 rings (SSSR count). The Morgan fingerprint density at radius 2 is 2.12 bits per heavy atom. The number of aryl methyl sites for hydroxylation is 1. The van der Waals surface area contributed by atoms with Crippen LogP contribution in [0.4, 0.5) is 0 Å². The normalized spacial score (nSPS) is 10.4. The van der Waals surface area contributed by atoms with Crippen LogP contribution in [0.25, 0.3) is 0 Å². The van der Waals surface area contributed by atoms with Crippen LogP contribution in [0.15, 0.2) is 29.2 Å². The van der Waals surface area contributed by atoms with Crippen LogP contribution < -0.4 is 0 Å². The fraction of sp³-hybridized carbons (Fsp3) is 0.462. The molecule has 0 N–H and O–H groups in total. The van der Waals surface area contributed by atoms with E-state index in [0.717, 1.165) is 6.42 Å². The largest absolute Gasteiger partial charge is 0.385 e. The molecule has 2 nitrogen and oxygen atoms in total. The Labute approximate surface area is 101 Å². The average molecular weight is 238 g/mol. The molecule has 0 radical (unpaired) electrons. The molecular weight excluding hydrogens is 220 g/mol. The van der Waals surface area contributed by atoms with Gasteiger partial charge in [0.25, 0.3) is 0 Å². The van der Waals surface area contributed by atoms with Crippen molar-refractivity contribution in [2.75, 3.05) is 19.5 Å². The van der Waals surface area contributed by atoms with Crippen molar-refractivity contribution in [2.45, 2.75) is 24.7 Å². The van der Waals surface area contributed by atoms with E-state index in [1.807, 2.05) is 12.1 Å². The predicted octanol–water partition coefficient (Wildman–Crippen LogP) is 3.08. The minimum atomic E-state index is 0.297. The highest BCUT2D eigenvalue weighted by atomic mass is 32.2. The molecule has 1 aromatic carbocycles. The quantitative estimate of drug-likeness (QED) is 0.539. The summed E-state index contributed by atoms with van der Waals surface area (Å²) in [4.78, 5) is 12.7. The molecule has 3 heteroatoms. The second-order valence-electron chi connectivity index (χ2n) is 3.69. The summed E-state index contributed by atoms with van der Waals surface area (Å²) in [6.45, 7) is 2.73. The second kappa shape index (κ2) is 7.47. The summed E-state index contributed by atoms with van der Waals surface area (Å²) in [6.07, 6.45) is 1.44. The van der Waals surface area contributed by atoms with E-state index in [1.165, 1.54) is 10.5 Å². The molecule has 0 aromatic heterocycles. The minimum Gasteiger partial charge on any atom is -0.385 e. The lowest BCUT2D eigenvalue weighted by molar-refractivity contribution is -0.116. The van der Waals surface area contributed by atoms with Gasteiger partial charge in [0, 0.05) is 25.0 Å². The number of methoxy groups -OCH3 is 1. The Bertz CT molecular complexity index is 336. The van der Waals surface area contributed by atoms with Gasteiger partial charge in [-0.3, -0.25) is 4.79 Å². The second-order valence-corrected chi connectivity index (χ2v) is 4.71. The number of hydrogen-bond donors (Lipinski definition) is 0. The first-order valence-electron chi connectivity index (χ1n) is 5.43. The molecule has 0 fully saturated rings. The number of thioether (sulfide) groups is 1. The summed E-state index contributed by atoms with van der Waals surface area (Å²) in [5.41, 5.74) is 1.23. The third-order valence-electron chi connectivity index (χ3n) is 2.29. The van der Waals surface area contributed by atoms with E-state index < -0.39 is 0 Å². The molecule has 0 bridgehead atoms. The fourth-order valence-corrected chi connectivity index (χ4v) is 2.29. The number of ketones is 1. The highest BCUT2D eigenvalue weighted by Crippen LogP contribution is 2.21. The maximum atomic E-state index is 11.5. The molecule has 0 atom stereocenters. The van der Waals surface area contributed by atoms with Crippen molar-refractivity contribution in [3.8, 4) is 0 Å². The lowest BCUT2D eigenvalue weighted by atomic mass is 10.2. The molecule has 16 heavy (non-hydrogen) atoms. The molecule has 1 aromatic rings. The molecule has 0 saturated carbocycles. The van der Waals surface area contributed by atoms with Gasteiger partial charge < -0.3 is 4.74 Å². The first-order valence-corrected chi connectivity index (χ1v) is 6.41. The van der Waals surface area contributed by atoms with Crippen molar-refractivity contribution in [2.24, 2.45) is 0 Å². The fourth-order valence-electron chi connectivity index (χ4n) is 1.36. The summed E-state index contributed by atoms with van der Waals surface area (Å²) in [5.74, 6) is 0.861. The van der Waals surface area contributed by atoms with Crippen LogP contribution in [0.3, 0.4) is 0 Å². The van der Waals surface area contributed by atoms with Crippen molar-refractivity contribution < 1.29 is 9.53 Å². The SMILES string of the molecule is COCCCC(=O)CSc1ccccc1C. The van der Waals surface area contributed by atoms with E-state index in [4.69, 9.17) is 4.74 Å². The summed E-state index contributed by atoms with van der Waals surface area (Å²) in [5, 5.41) is 0. The predicted molar refractivity (Wildman–Crippen MR) is 68.0 cm³/mol. The summed E-state index contributed by atoms with van der Waals surface area (Å²) >= 11 is 1.62. The van der Waals surface area contributed by atoms with Crippen molar-refractivity contribution in [3.05, 3.63) is 29.8 Å². The van der Waals surface area contributed by atoms with Gasteiger partial charge in [-0.05, 0) is 25.0 Å². The summed E-state index contributed by atoms with van der Waals surface area (Å²) in [6, 6.07) is 8.14. The smallest absolute Gasteiger partial charge is 0.143 e. The first-order chi connectivity index (χ1) is 7.74. The Kier molecular flexibility index (Phi) is 6.19. The van der Waals surface area contributed by atoms with Gasteiger partial charge in [0.05, 0.1) is 5.75 Å². The Morgan fingerprint density at radius 3 is 2.81 bits per heavy atom. The van der Waals surface area contributed by atoms with E-state index in [-0.39, 0.29) is 0 Å². The number of ether oxygens (including phenoxy) is 1. The van der Waals surface area contributed by atoms with Gasteiger partial charge in [0.2, 0.25) is 0 Å². The minimum absolute atomic E-state index is 0.297. The van der Waals surface area contributed by atoms with Crippen molar-refractivity contribution >= 4 is 17.5 Å². The van der Waals surface area contributed by atoms with Crippen LogP contribution in [0.5, 0.6) is 0 Å². The average Bonchev–Trinajstić information content (AvgIpc) is 2.28. The molecule has 0 saturated heterocycles. The van der Waals surface area contributed by atoms with Gasteiger partial charge in [0.15, 0.2) is 0 Å². The van der Waals surface area contributed by atoms with Crippen molar-refractivity contribution in [1.29, 1.82) is 0 Å². The molecule has 0 spiro atoms. The first kappa shape index (κ1) is 13.3. The topological polar surface area (TPSA) is 26.3 Å². The van der Waals surface area contributed by atoms with Crippen molar-refractivity contribution in [1.82, 2.24) is 0 Å². The van der Waals surface area contributed by atoms with Gasteiger partial charge in [-0.1, -0.05) is 18.2 Å².